The number of hydrogen-bond acceptors (Lipinski definition) is 6. The lowest BCUT2D eigenvalue weighted by molar-refractivity contribution is 0.310. The largest absolute Gasteiger partial charge is 0.343 e. The molecule has 1 aromatic carbocycles. The van der Waals surface area contributed by atoms with Crippen molar-refractivity contribution in [3.05, 3.63) is 47.7 Å². The van der Waals surface area contributed by atoms with Crippen LogP contribution in [0, 0.1) is 6.92 Å². The molecule has 140 valence electrons. The molecule has 1 N–H and O–H groups in total. The molecular formula is C21H25N5S. The minimum atomic E-state index is 0.841. The fourth-order valence-electron chi connectivity index (χ4n) is 3.54. The van der Waals surface area contributed by atoms with Gasteiger partial charge in [0.1, 0.15) is 15.8 Å². The van der Waals surface area contributed by atoms with Crippen molar-refractivity contribution in [2.75, 3.05) is 25.0 Å². The second-order valence-corrected chi connectivity index (χ2v) is 8.36. The standard InChI is InChI=1S/C21H25N5S/c1-15(14-26-9-5-3-4-6-10-26)23-20-12-19-11-17(7-8-18(19)13-22-20)21-25-24-16(2)27-21/h7-8,11-13H,1,3-6,9-10,14H2,2H3,(H,22,23). The smallest absolute Gasteiger partial charge is 0.147 e. The van der Waals surface area contributed by atoms with Crippen LogP contribution in [0.2, 0.25) is 0 Å². The molecule has 5 nitrogen and oxygen atoms in total. The summed E-state index contributed by atoms with van der Waals surface area (Å²) >= 11 is 1.61. The predicted molar refractivity (Wildman–Crippen MR) is 113 cm³/mol. The van der Waals surface area contributed by atoms with E-state index in [0.717, 1.165) is 57.5 Å². The molecule has 6 heteroatoms. The molecule has 0 radical (unpaired) electrons. The summed E-state index contributed by atoms with van der Waals surface area (Å²) in [5, 5.41) is 15.9. The van der Waals surface area contributed by atoms with Gasteiger partial charge in [-0.25, -0.2) is 4.98 Å². The third-order valence-electron chi connectivity index (χ3n) is 4.91. The number of hydrogen-bond donors (Lipinski definition) is 1. The minimum absolute atomic E-state index is 0.841. The quantitative estimate of drug-likeness (QED) is 0.686. The van der Waals surface area contributed by atoms with Crippen LogP contribution in [0.3, 0.4) is 0 Å². The number of pyridine rings is 1. The van der Waals surface area contributed by atoms with E-state index in [0.29, 0.717) is 0 Å². The number of aromatic nitrogens is 3. The van der Waals surface area contributed by atoms with E-state index in [1.807, 2.05) is 13.1 Å². The second-order valence-electron chi connectivity index (χ2n) is 7.18. The number of fused-ring (bicyclic) bond motifs is 1. The van der Waals surface area contributed by atoms with Crippen LogP contribution in [-0.4, -0.2) is 39.7 Å². The van der Waals surface area contributed by atoms with Crippen LogP contribution < -0.4 is 5.32 Å². The zero-order valence-electron chi connectivity index (χ0n) is 15.7. The molecule has 1 aliphatic heterocycles. The topological polar surface area (TPSA) is 53.9 Å². The fraction of sp³-hybridized carbons (Fsp3) is 0.381. The third-order valence-corrected chi connectivity index (χ3v) is 5.80. The molecule has 0 unspecified atom stereocenters. The number of rotatable bonds is 5. The van der Waals surface area contributed by atoms with Gasteiger partial charge in [0.2, 0.25) is 0 Å². The number of anilines is 1. The van der Waals surface area contributed by atoms with Crippen LogP contribution in [0.1, 0.15) is 30.7 Å². The van der Waals surface area contributed by atoms with Gasteiger partial charge < -0.3 is 5.32 Å². The van der Waals surface area contributed by atoms with Crippen molar-refractivity contribution < 1.29 is 0 Å². The molecular weight excluding hydrogens is 354 g/mol. The fourth-order valence-corrected chi connectivity index (χ4v) is 4.23. The van der Waals surface area contributed by atoms with Crippen LogP contribution >= 0.6 is 11.3 Å². The zero-order valence-corrected chi connectivity index (χ0v) is 16.6. The summed E-state index contributed by atoms with van der Waals surface area (Å²) in [5.41, 5.74) is 2.09. The highest BCUT2D eigenvalue weighted by atomic mass is 32.1. The summed E-state index contributed by atoms with van der Waals surface area (Å²) in [6.45, 7) is 9.39. The molecule has 1 aliphatic rings. The molecule has 3 aromatic rings. The first-order valence-corrected chi connectivity index (χ1v) is 10.4. The van der Waals surface area contributed by atoms with Crippen molar-refractivity contribution in [1.29, 1.82) is 0 Å². The van der Waals surface area contributed by atoms with Gasteiger partial charge >= 0.3 is 0 Å². The average Bonchev–Trinajstić information content (AvgIpc) is 2.93. The first-order chi connectivity index (χ1) is 13.2. The highest BCUT2D eigenvalue weighted by molar-refractivity contribution is 7.14. The van der Waals surface area contributed by atoms with Gasteiger partial charge in [0.15, 0.2) is 0 Å². The molecule has 1 fully saturated rings. The van der Waals surface area contributed by atoms with Gasteiger partial charge in [-0.3, -0.25) is 4.90 Å². The lowest BCUT2D eigenvalue weighted by Crippen LogP contribution is -2.28. The average molecular weight is 380 g/mol. The SMILES string of the molecule is C=C(CN1CCCCCC1)Nc1cc2cc(-c3nnc(C)s3)ccc2cn1. The van der Waals surface area contributed by atoms with Gasteiger partial charge in [-0.15, -0.1) is 10.2 Å². The highest BCUT2D eigenvalue weighted by Gasteiger charge is 2.11. The monoisotopic (exact) mass is 379 g/mol. The van der Waals surface area contributed by atoms with Gasteiger partial charge in [0, 0.05) is 29.4 Å². The zero-order chi connectivity index (χ0) is 18.6. The molecule has 0 aliphatic carbocycles. The maximum Gasteiger partial charge on any atom is 0.147 e. The van der Waals surface area contributed by atoms with Crippen molar-refractivity contribution in [2.45, 2.75) is 32.6 Å². The Bertz CT molecular complexity index is 941. The van der Waals surface area contributed by atoms with Crippen molar-refractivity contribution in [3.63, 3.8) is 0 Å². The summed E-state index contributed by atoms with van der Waals surface area (Å²) in [7, 11) is 0. The Morgan fingerprint density at radius 2 is 1.93 bits per heavy atom. The van der Waals surface area contributed by atoms with Crippen molar-refractivity contribution in [2.24, 2.45) is 0 Å². The molecule has 0 amide bonds. The number of likely N-dealkylation sites (tertiary alicyclic amines) is 1. The van der Waals surface area contributed by atoms with Crippen LogP contribution in [0.5, 0.6) is 0 Å². The van der Waals surface area contributed by atoms with Gasteiger partial charge in [-0.1, -0.05) is 42.9 Å². The molecule has 0 bridgehead atoms. The second kappa shape index (κ2) is 8.15. The maximum atomic E-state index is 4.55. The van der Waals surface area contributed by atoms with E-state index in [2.05, 4.69) is 56.2 Å². The summed E-state index contributed by atoms with van der Waals surface area (Å²) in [4.78, 5) is 7.03. The number of nitrogens with one attached hydrogen (secondary N) is 1. The Labute approximate surface area is 164 Å². The summed E-state index contributed by atoms with van der Waals surface area (Å²) < 4.78 is 0. The van der Waals surface area contributed by atoms with Gasteiger partial charge in [-0.2, -0.15) is 0 Å². The van der Waals surface area contributed by atoms with E-state index < -0.39 is 0 Å². The summed E-state index contributed by atoms with van der Waals surface area (Å²) in [5.74, 6) is 0.841. The summed E-state index contributed by atoms with van der Waals surface area (Å²) in [6.07, 6.45) is 7.18. The Kier molecular flexibility index (Phi) is 5.45. The molecule has 3 heterocycles. The van der Waals surface area contributed by atoms with Crippen LogP contribution in [0.15, 0.2) is 42.7 Å². The molecule has 0 saturated carbocycles. The summed E-state index contributed by atoms with van der Waals surface area (Å²) in [6, 6.07) is 8.40. The van der Waals surface area contributed by atoms with E-state index in [9.17, 15) is 0 Å². The molecule has 1 saturated heterocycles. The number of nitrogens with zero attached hydrogens (tertiary/aromatic N) is 4. The number of benzene rings is 1. The first kappa shape index (κ1) is 18.1. The Morgan fingerprint density at radius 3 is 2.67 bits per heavy atom. The van der Waals surface area contributed by atoms with Gasteiger partial charge in [0.05, 0.1) is 0 Å². The lowest BCUT2D eigenvalue weighted by Gasteiger charge is -2.21. The van der Waals surface area contributed by atoms with Crippen molar-refractivity contribution >= 4 is 27.9 Å². The molecule has 0 spiro atoms. The van der Waals surface area contributed by atoms with Crippen LogP contribution in [0.4, 0.5) is 5.82 Å². The molecule has 2 aromatic heterocycles. The molecule has 27 heavy (non-hydrogen) atoms. The number of aryl methyl sites for hydroxylation is 1. The van der Waals surface area contributed by atoms with E-state index in [4.69, 9.17) is 0 Å². The van der Waals surface area contributed by atoms with E-state index in [1.54, 1.807) is 11.3 Å². The highest BCUT2D eigenvalue weighted by Crippen LogP contribution is 2.27. The lowest BCUT2D eigenvalue weighted by atomic mass is 10.1. The van der Waals surface area contributed by atoms with Gasteiger partial charge in [-0.05, 0) is 50.4 Å². The normalized spacial score (nSPS) is 15.6. The van der Waals surface area contributed by atoms with E-state index >= 15 is 0 Å². The maximum absolute atomic E-state index is 4.55. The van der Waals surface area contributed by atoms with Crippen molar-refractivity contribution in [1.82, 2.24) is 20.1 Å². The molecule has 4 rings (SSSR count). The van der Waals surface area contributed by atoms with Crippen LogP contribution in [0.25, 0.3) is 21.3 Å². The van der Waals surface area contributed by atoms with Gasteiger partial charge in [0.25, 0.3) is 0 Å². The Balaban J connectivity index is 1.49. The minimum Gasteiger partial charge on any atom is -0.343 e. The Hall–Kier alpha value is -2.31. The van der Waals surface area contributed by atoms with E-state index in [-0.39, 0.29) is 0 Å². The first-order valence-electron chi connectivity index (χ1n) is 9.55. The predicted octanol–water partition coefficient (Wildman–Crippen LogP) is 4.86. The van der Waals surface area contributed by atoms with Crippen LogP contribution in [-0.2, 0) is 0 Å². The Morgan fingerprint density at radius 1 is 1.11 bits per heavy atom. The van der Waals surface area contributed by atoms with E-state index in [1.165, 1.54) is 25.7 Å². The molecule has 0 atom stereocenters. The third kappa shape index (κ3) is 4.51. The van der Waals surface area contributed by atoms with Crippen molar-refractivity contribution in [3.8, 4) is 10.6 Å².